The Kier molecular flexibility index (Phi) is 4.01. The molecule has 3 aromatic rings. The van der Waals surface area contributed by atoms with E-state index in [0.717, 1.165) is 10.1 Å². The lowest BCUT2D eigenvalue weighted by Crippen LogP contribution is -2.25. The number of aromatic nitrogens is 2. The Morgan fingerprint density at radius 3 is 3.00 bits per heavy atom. The number of carbonyl (C=O) groups excluding carboxylic acids is 1. The highest BCUT2D eigenvalue weighted by Crippen LogP contribution is 2.39. The summed E-state index contributed by atoms with van der Waals surface area (Å²) in [6, 6.07) is 3.54. The molecule has 2 aromatic heterocycles. The molecule has 0 bridgehead atoms. The standard InChI is InChI=1S/C15H16N4O3S/c1-7(16)5-17-13-11-9(23-14(13)15(21)22-2)4-3-8-12(11)18-6-10(20)19-8/h3-4,6-7,17H,5,16H2,1-2H3,(H,19,20)/t7-/m1/s1. The van der Waals surface area contributed by atoms with Crippen molar-refractivity contribution in [1.29, 1.82) is 0 Å². The molecule has 0 aliphatic heterocycles. The first-order valence-corrected chi connectivity index (χ1v) is 7.85. The minimum atomic E-state index is -0.420. The second kappa shape index (κ2) is 5.98. The molecule has 0 spiro atoms. The van der Waals surface area contributed by atoms with Gasteiger partial charge in [-0.05, 0) is 19.1 Å². The van der Waals surface area contributed by atoms with Crippen molar-refractivity contribution in [2.24, 2.45) is 5.73 Å². The van der Waals surface area contributed by atoms with Gasteiger partial charge in [0.2, 0.25) is 0 Å². The van der Waals surface area contributed by atoms with Gasteiger partial charge in [-0.3, -0.25) is 4.79 Å². The van der Waals surface area contributed by atoms with Gasteiger partial charge in [0.05, 0.1) is 30.0 Å². The number of H-pyrrole nitrogens is 1. The van der Waals surface area contributed by atoms with E-state index in [1.165, 1.54) is 24.6 Å². The van der Waals surface area contributed by atoms with Crippen LogP contribution in [0.3, 0.4) is 0 Å². The van der Waals surface area contributed by atoms with Crippen molar-refractivity contribution in [3.8, 4) is 0 Å². The number of nitrogens with two attached hydrogens (primary N) is 1. The molecule has 0 saturated heterocycles. The summed E-state index contributed by atoms with van der Waals surface area (Å²) in [5.41, 5.74) is 7.41. The van der Waals surface area contributed by atoms with E-state index >= 15 is 0 Å². The van der Waals surface area contributed by atoms with Gasteiger partial charge in [-0.15, -0.1) is 11.3 Å². The number of methoxy groups -OCH3 is 1. The number of anilines is 1. The topological polar surface area (TPSA) is 110 Å². The van der Waals surface area contributed by atoms with Crippen molar-refractivity contribution in [2.45, 2.75) is 13.0 Å². The summed E-state index contributed by atoms with van der Waals surface area (Å²) in [6.07, 6.45) is 1.23. The molecule has 8 heteroatoms. The van der Waals surface area contributed by atoms with Crippen LogP contribution in [0.4, 0.5) is 5.69 Å². The molecule has 0 amide bonds. The third-order valence-corrected chi connectivity index (χ3v) is 4.50. The van der Waals surface area contributed by atoms with Crippen LogP contribution in [0.15, 0.2) is 23.1 Å². The van der Waals surface area contributed by atoms with E-state index < -0.39 is 5.97 Å². The number of ether oxygens (including phenoxy) is 1. The lowest BCUT2D eigenvalue weighted by Gasteiger charge is -2.10. The van der Waals surface area contributed by atoms with E-state index in [-0.39, 0.29) is 11.6 Å². The maximum Gasteiger partial charge on any atom is 0.350 e. The van der Waals surface area contributed by atoms with Gasteiger partial charge in [0, 0.05) is 22.7 Å². The summed E-state index contributed by atoms with van der Waals surface area (Å²) in [5.74, 6) is -0.420. The molecule has 0 radical (unpaired) electrons. The monoisotopic (exact) mass is 332 g/mol. The van der Waals surface area contributed by atoms with Gasteiger partial charge in [-0.25, -0.2) is 9.78 Å². The Morgan fingerprint density at radius 2 is 2.30 bits per heavy atom. The molecular weight excluding hydrogens is 316 g/mol. The largest absolute Gasteiger partial charge is 0.465 e. The predicted molar refractivity (Wildman–Crippen MR) is 91.2 cm³/mol. The Morgan fingerprint density at radius 1 is 1.52 bits per heavy atom. The van der Waals surface area contributed by atoms with Gasteiger partial charge in [-0.1, -0.05) is 0 Å². The van der Waals surface area contributed by atoms with Gasteiger partial charge in [0.15, 0.2) is 0 Å². The zero-order valence-corrected chi connectivity index (χ0v) is 13.5. The smallest absolute Gasteiger partial charge is 0.350 e. The average molecular weight is 332 g/mol. The second-order valence-electron chi connectivity index (χ2n) is 5.24. The molecule has 7 nitrogen and oxygen atoms in total. The summed E-state index contributed by atoms with van der Waals surface area (Å²) in [4.78, 5) is 31.0. The molecule has 0 saturated carbocycles. The van der Waals surface area contributed by atoms with Gasteiger partial charge >= 0.3 is 5.97 Å². The molecule has 0 aliphatic rings. The Labute approximate surface area is 135 Å². The highest BCUT2D eigenvalue weighted by molar-refractivity contribution is 7.21. The lowest BCUT2D eigenvalue weighted by atomic mass is 10.1. The molecule has 1 atom stereocenters. The first-order valence-electron chi connectivity index (χ1n) is 7.03. The normalized spacial score (nSPS) is 12.5. The van der Waals surface area contributed by atoms with Crippen molar-refractivity contribution >= 4 is 44.1 Å². The lowest BCUT2D eigenvalue weighted by molar-refractivity contribution is 0.0607. The Bertz CT molecular complexity index is 945. The average Bonchev–Trinajstić information content (AvgIpc) is 2.90. The number of fused-ring (bicyclic) bond motifs is 3. The molecular formula is C15H16N4O3S. The van der Waals surface area contributed by atoms with Crippen molar-refractivity contribution in [1.82, 2.24) is 9.97 Å². The van der Waals surface area contributed by atoms with Crippen molar-refractivity contribution in [3.05, 3.63) is 33.6 Å². The molecule has 1 aromatic carbocycles. The second-order valence-corrected chi connectivity index (χ2v) is 6.29. The Balaban J connectivity index is 2.31. The molecule has 2 heterocycles. The van der Waals surface area contributed by atoms with Crippen LogP contribution < -0.4 is 16.6 Å². The molecule has 120 valence electrons. The zero-order valence-electron chi connectivity index (χ0n) is 12.7. The number of hydrogen-bond acceptors (Lipinski definition) is 7. The third-order valence-electron chi connectivity index (χ3n) is 3.37. The summed E-state index contributed by atoms with van der Waals surface area (Å²) in [6.45, 7) is 2.36. The van der Waals surface area contributed by atoms with E-state index in [0.29, 0.717) is 28.1 Å². The summed E-state index contributed by atoms with van der Waals surface area (Å²) < 4.78 is 5.75. The van der Waals surface area contributed by atoms with E-state index in [4.69, 9.17) is 10.5 Å². The summed E-state index contributed by atoms with van der Waals surface area (Å²) in [7, 11) is 1.34. The zero-order chi connectivity index (χ0) is 16.6. The van der Waals surface area contributed by atoms with Crippen molar-refractivity contribution in [3.63, 3.8) is 0 Å². The minimum Gasteiger partial charge on any atom is -0.465 e. The van der Waals surface area contributed by atoms with E-state index in [1.807, 2.05) is 13.0 Å². The van der Waals surface area contributed by atoms with E-state index in [9.17, 15) is 9.59 Å². The number of thiophene rings is 1. The van der Waals surface area contributed by atoms with Gasteiger partial charge in [0.1, 0.15) is 4.88 Å². The van der Waals surface area contributed by atoms with Crippen molar-refractivity contribution in [2.75, 3.05) is 19.0 Å². The van der Waals surface area contributed by atoms with Crippen LogP contribution in [0.2, 0.25) is 0 Å². The molecule has 4 N–H and O–H groups in total. The highest BCUT2D eigenvalue weighted by Gasteiger charge is 2.21. The maximum absolute atomic E-state index is 12.1. The van der Waals surface area contributed by atoms with Crippen LogP contribution in [0.1, 0.15) is 16.6 Å². The van der Waals surface area contributed by atoms with Gasteiger partial charge in [0.25, 0.3) is 5.56 Å². The number of carbonyl (C=O) groups is 1. The van der Waals surface area contributed by atoms with Crippen LogP contribution in [0.5, 0.6) is 0 Å². The van der Waals surface area contributed by atoms with Gasteiger partial charge in [-0.2, -0.15) is 0 Å². The number of rotatable bonds is 4. The number of hydrogen-bond donors (Lipinski definition) is 3. The summed E-state index contributed by atoms with van der Waals surface area (Å²) in [5, 5.41) is 3.99. The van der Waals surface area contributed by atoms with Crippen molar-refractivity contribution < 1.29 is 9.53 Å². The third kappa shape index (κ3) is 2.78. The fraction of sp³-hybridized carbons (Fsp3) is 0.267. The molecule has 23 heavy (non-hydrogen) atoms. The predicted octanol–water partition coefficient (Wildman–Crippen LogP) is 1.68. The fourth-order valence-corrected chi connectivity index (χ4v) is 3.46. The summed E-state index contributed by atoms with van der Waals surface area (Å²) >= 11 is 1.32. The quantitative estimate of drug-likeness (QED) is 0.627. The molecule has 0 aliphatic carbocycles. The number of esters is 1. The van der Waals surface area contributed by atoms with E-state index in [1.54, 1.807) is 6.07 Å². The van der Waals surface area contributed by atoms with Crippen LogP contribution in [-0.4, -0.2) is 35.6 Å². The fourth-order valence-electron chi connectivity index (χ4n) is 2.37. The maximum atomic E-state index is 12.1. The highest BCUT2D eigenvalue weighted by atomic mass is 32.1. The van der Waals surface area contributed by atoms with Crippen LogP contribution in [-0.2, 0) is 4.74 Å². The number of nitrogens with zero attached hydrogens (tertiary/aromatic N) is 1. The molecule has 0 unspecified atom stereocenters. The van der Waals surface area contributed by atoms with Crippen LogP contribution in [0, 0.1) is 0 Å². The number of aromatic amines is 1. The molecule has 0 fully saturated rings. The van der Waals surface area contributed by atoms with Gasteiger partial charge < -0.3 is 20.8 Å². The minimum absolute atomic E-state index is 0.0850. The number of benzene rings is 1. The van der Waals surface area contributed by atoms with Crippen LogP contribution >= 0.6 is 11.3 Å². The first-order chi connectivity index (χ1) is 11.0. The Hall–Kier alpha value is -2.45. The SMILES string of the molecule is COC(=O)c1sc2ccc3[nH]c(=O)cnc3c2c1NC[C@@H](C)N. The molecule has 3 rings (SSSR count). The van der Waals surface area contributed by atoms with E-state index in [2.05, 4.69) is 15.3 Å². The van der Waals surface area contributed by atoms with Crippen LogP contribution in [0.25, 0.3) is 21.1 Å². The number of nitrogens with one attached hydrogen (secondary N) is 2. The first kappa shape index (κ1) is 15.4.